The zero-order valence-electron chi connectivity index (χ0n) is 31.8. The molecule has 0 aliphatic heterocycles. The molecule has 6 aromatic carbocycles. The van der Waals surface area contributed by atoms with E-state index in [4.69, 9.17) is 9.97 Å². The van der Waals surface area contributed by atoms with E-state index in [-0.39, 0.29) is 6.04 Å². The number of hydrogen-bond donors (Lipinski definition) is 0. The fourth-order valence-electron chi connectivity index (χ4n) is 7.88. The first-order valence-corrected chi connectivity index (χ1v) is 20.4. The van der Waals surface area contributed by atoms with Crippen LogP contribution in [0.3, 0.4) is 0 Å². The monoisotopic (exact) mass is 765 g/mol. The SMILES string of the molecule is C=C/C(=C\C=C\N(c1ccc(-c2cc3ccccc3s2)cc1)C1C=CC(c2nc3ccccc3n2-c2ccccc2)=CC1)c1nc2ccccc2n1-c1ccccc1. The Kier molecular flexibility index (Phi) is 9.30. The van der Waals surface area contributed by atoms with Crippen LogP contribution >= 0.6 is 11.3 Å². The molecule has 0 bridgehead atoms. The van der Waals surface area contributed by atoms with Gasteiger partial charge < -0.3 is 4.90 Å². The molecule has 1 aliphatic rings. The number of hydrogen-bond acceptors (Lipinski definition) is 4. The van der Waals surface area contributed by atoms with Crippen molar-refractivity contribution in [3.8, 4) is 21.8 Å². The second-order valence-corrected chi connectivity index (χ2v) is 15.4. The lowest BCUT2D eigenvalue weighted by atomic mass is 10.00. The van der Waals surface area contributed by atoms with Crippen molar-refractivity contribution in [1.82, 2.24) is 19.1 Å². The predicted molar refractivity (Wildman–Crippen MR) is 245 cm³/mol. The van der Waals surface area contributed by atoms with Gasteiger partial charge in [-0.25, -0.2) is 9.97 Å². The van der Waals surface area contributed by atoms with Gasteiger partial charge in [-0.3, -0.25) is 9.13 Å². The molecule has 58 heavy (non-hydrogen) atoms. The van der Waals surface area contributed by atoms with Gasteiger partial charge in [0.05, 0.1) is 28.1 Å². The lowest BCUT2D eigenvalue weighted by Crippen LogP contribution is -2.29. The van der Waals surface area contributed by atoms with Crippen LogP contribution in [0.15, 0.2) is 213 Å². The quantitative estimate of drug-likeness (QED) is 0.130. The molecule has 10 rings (SSSR count). The normalized spacial score (nSPS) is 14.4. The van der Waals surface area contributed by atoms with E-state index in [2.05, 4.69) is 209 Å². The molecule has 1 atom stereocenters. The highest BCUT2D eigenvalue weighted by Crippen LogP contribution is 2.36. The predicted octanol–water partition coefficient (Wildman–Crippen LogP) is 13.2. The molecule has 0 N–H and O–H groups in total. The number of rotatable bonds is 10. The number of allylic oxidation sites excluding steroid dienone is 6. The topological polar surface area (TPSA) is 38.9 Å². The maximum absolute atomic E-state index is 5.14. The molecule has 0 saturated carbocycles. The van der Waals surface area contributed by atoms with E-state index in [1.54, 1.807) is 0 Å². The fraction of sp³-hybridized carbons (Fsp3) is 0.0385. The summed E-state index contributed by atoms with van der Waals surface area (Å²) in [6.07, 6.45) is 16.0. The van der Waals surface area contributed by atoms with Gasteiger partial charge in [-0.1, -0.05) is 122 Å². The molecule has 0 radical (unpaired) electrons. The number of thiophene rings is 1. The number of aromatic nitrogens is 4. The number of nitrogens with zero attached hydrogens (tertiary/aromatic N) is 5. The summed E-state index contributed by atoms with van der Waals surface area (Å²) in [6.45, 7) is 4.23. The van der Waals surface area contributed by atoms with Crippen LogP contribution < -0.4 is 4.90 Å². The highest BCUT2D eigenvalue weighted by Gasteiger charge is 2.21. The summed E-state index contributed by atoms with van der Waals surface area (Å²) in [7, 11) is 0. The Morgan fingerprint density at radius 3 is 2.02 bits per heavy atom. The summed E-state index contributed by atoms with van der Waals surface area (Å²) in [5, 5.41) is 1.28. The number of anilines is 1. The smallest absolute Gasteiger partial charge is 0.145 e. The number of benzene rings is 6. The van der Waals surface area contributed by atoms with Crippen LogP contribution in [0.5, 0.6) is 0 Å². The summed E-state index contributed by atoms with van der Waals surface area (Å²) in [5.41, 5.74) is 10.6. The molecule has 9 aromatic rings. The molecular weight excluding hydrogens is 727 g/mol. The second-order valence-electron chi connectivity index (χ2n) is 14.3. The molecule has 0 spiro atoms. The molecule has 0 amide bonds. The van der Waals surface area contributed by atoms with Crippen molar-refractivity contribution in [2.75, 3.05) is 4.90 Å². The van der Waals surface area contributed by atoms with Gasteiger partial charge in [-0.15, -0.1) is 11.3 Å². The lowest BCUT2D eigenvalue weighted by molar-refractivity contribution is 0.780. The summed E-state index contributed by atoms with van der Waals surface area (Å²) in [4.78, 5) is 13.9. The summed E-state index contributed by atoms with van der Waals surface area (Å²) < 4.78 is 5.77. The van der Waals surface area contributed by atoms with Crippen LogP contribution in [0, 0.1) is 0 Å². The Labute approximate surface area is 341 Å². The Bertz CT molecular complexity index is 3020. The van der Waals surface area contributed by atoms with Gasteiger partial charge in [0, 0.05) is 44.0 Å². The second kappa shape index (κ2) is 15.3. The van der Waals surface area contributed by atoms with Crippen LogP contribution in [-0.4, -0.2) is 25.1 Å². The van der Waals surface area contributed by atoms with Crippen LogP contribution in [0.4, 0.5) is 5.69 Å². The molecule has 5 nitrogen and oxygen atoms in total. The first-order valence-electron chi connectivity index (χ1n) is 19.5. The Hall–Kier alpha value is -7.28. The minimum Gasteiger partial charge on any atom is -0.341 e. The number of fused-ring (bicyclic) bond motifs is 3. The van der Waals surface area contributed by atoms with E-state index >= 15 is 0 Å². The van der Waals surface area contributed by atoms with Crippen molar-refractivity contribution >= 4 is 60.3 Å². The largest absolute Gasteiger partial charge is 0.341 e. The van der Waals surface area contributed by atoms with E-state index in [1.807, 2.05) is 29.5 Å². The average molecular weight is 766 g/mol. The van der Waals surface area contributed by atoms with Gasteiger partial charge in [0.1, 0.15) is 11.6 Å². The lowest BCUT2D eigenvalue weighted by Gasteiger charge is -2.30. The minimum absolute atomic E-state index is 0.0687. The van der Waals surface area contributed by atoms with E-state index in [0.717, 1.165) is 68.3 Å². The highest BCUT2D eigenvalue weighted by molar-refractivity contribution is 7.22. The number of imidazole rings is 2. The fourth-order valence-corrected chi connectivity index (χ4v) is 8.95. The molecule has 1 unspecified atom stereocenters. The zero-order valence-corrected chi connectivity index (χ0v) is 32.6. The van der Waals surface area contributed by atoms with E-state index in [9.17, 15) is 0 Å². The van der Waals surface area contributed by atoms with E-state index < -0.39 is 0 Å². The van der Waals surface area contributed by atoms with Gasteiger partial charge >= 0.3 is 0 Å². The third-order valence-electron chi connectivity index (χ3n) is 10.7. The van der Waals surface area contributed by atoms with Crippen molar-refractivity contribution in [2.45, 2.75) is 12.5 Å². The van der Waals surface area contributed by atoms with Crippen molar-refractivity contribution in [2.24, 2.45) is 0 Å². The summed E-state index contributed by atoms with van der Waals surface area (Å²) in [6, 6.07) is 57.4. The molecule has 3 aromatic heterocycles. The number of para-hydroxylation sites is 6. The molecule has 3 heterocycles. The highest BCUT2D eigenvalue weighted by atomic mass is 32.1. The van der Waals surface area contributed by atoms with Crippen molar-refractivity contribution < 1.29 is 0 Å². The maximum atomic E-state index is 5.14. The minimum atomic E-state index is 0.0687. The third-order valence-corrected chi connectivity index (χ3v) is 11.9. The Morgan fingerprint density at radius 1 is 0.690 bits per heavy atom. The molecule has 278 valence electrons. The van der Waals surface area contributed by atoms with Crippen molar-refractivity contribution in [3.63, 3.8) is 0 Å². The van der Waals surface area contributed by atoms with Crippen LogP contribution in [-0.2, 0) is 0 Å². The summed E-state index contributed by atoms with van der Waals surface area (Å²) >= 11 is 1.83. The maximum Gasteiger partial charge on any atom is 0.145 e. The van der Waals surface area contributed by atoms with Crippen molar-refractivity contribution in [1.29, 1.82) is 0 Å². The third kappa shape index (κ3) is 6.59. The van der Waals surface area contributed by atoms with Crippen LogP contribution in [0.1, 0.15) is 18.1 Å². The standard InChI is InChI=1S/C52H39N5S/c1-2-37(51-53-45-22-10-12-24-47(45)56(51)43-18-5-3-6-19-43)17-15-35-55(41-31-27-38(28-32-41)50-36-40-16-9-14-26-49(40)58-50)42-33-29-39(30-34-42)52-54-46-23-11-13-25-48(46)57(52)44-20-7-4-8-21-44/h2-33,35-36,42H,1,34H2/b35-15+,37-17+. The molecule has 0 fully saturated rings. The first-order chi connectivity index (χ1) is 28.7. The molecular formula is C52H39N5S. The van der Waals surface area contributed by atoms with E-state index in [0.29, 0.717) is 0 Å². The van der Waals surface area contributed by atoms with Gasteiger partial charge in [0.2, 0.25) is 0 Å². The van der Waals surface area contributed by atoms with E-state index in [1.165, 1.54) is 20.5 Å². The molecule has 1 aliphatic carbocycles. The zero-order chi connectivity index (χ0) is 38.8. The average Bonchev–Trinajstić information content (AvgIpc) is 4.01. The first kappa shape index (κ1) is 35.2. The van der Waals surface area contributed by atoms with Gasteiger partial charge in [-0.2, -0.15) is 0 Å². The van der Waals surface area contributed by atoms with Crippen molar-refractivity contribution in [3.05, 3.63) is 225 Å². The van der Waals surface area contributed by atoms with Gasteiger partial charge in [-0.05, 0) is 102 Å². The molecule has 6 heteroatoms. The van der Waals surface area contributed by atoms with Gasteiger partial charge in [0.25, 0.3) is 0 Å². The van der Waals surface area contributed by atoms with Crippen LogP contribution in [0.2, 0.25) is 0 Å². The summed E-state index contributed by atoms with van der Waals surface area (Å²) in [5.74, 6) is 1.79. The van der Waals surface area contributed by atoms with Gasteiger partial charge in [0.15, 0.2) is 0 Å². The Morgan fingerprint density at radius 2 is 1.33 bits per heavy atom. The Balaban J connectivity index is 1.01. The van der Waals surface area contributed by atoms with Crippen LogP contribution in [0.25, 0.3) is 65.1 Å². The molecule has 0 saturated heterocycles.